The van der Waals surface area contributed by atoms with Gasteiger partial charge in [-0.15, -0.1) is 11.3 Å². The van der Waals surface area contributed by atoms with Crippen LogP contribution in [0, 0.1) is 6.92 Å². The Morgan fingerprint density at radius 1 is 1.31 bits per heavy atom. The summed E-state index contributed by atoms with van der Waals surface area (Å²) in [6.07, 6.45) is 2.65. The Morgan fingerprint density at radius 3 is 2.86 bits per heavy atom. The third-order valence-electron chi connectivity index (χ3n) is 5.15. The Bertz CT molecular complexity index is 978. The largest absolute Gasteiger partial charge is 0.459 e. The van der Waals surface area contributed by atoms with Gasteiger partial charge in [-0.05, 0) is 62.7 Å². The van der Waals surface area contributed by atoms with Crippen LogP contribution in [0.3, 0.4) is 0 Å². The first kappa shape index (κ1) is 20.1. The number of rotatable bonds is 7. The second-order valence-electron chi connectivity index (χ2n) is 7.35. The number of benzene rings is 1. The molecule has 0 aliphatic carbocycles. The summed E-state index contributed by atoms with van der Waals surface area (Å²) < 4.78 is 5.61. The summed E-state index contributed by atoms with van der Waals surface area (Å²) in [6.45, 7) is 4.56. The molecule has 0 saturated carbocycles. The molecule has 29 heavy (non-hydrogen) atoms. The standard InChI is InChI=1S/C22H24ClN3O2S/c1-15-7-8-20(28-15)22-25-18(14-29-22)12-21(27)24-13-19(26-9-2-3-10-26)16-5-4-6-17(23)11-16/h4-8,11,14,19H,2-3,9-10,12-13H2,1H3,(H,24,27). The van der Waals surface area contributed by atoms with E-state index in [4.69, 9.17) is 16.0 Å². The first-order valence-corrected chi connectivity index (χ1v) is 11.1. The molecule has 4 rings (SSSR count). The first-order chi connectivity index (χ1) is 14.1. The molecule has 1 N–H and O–H groups in total. The van der Waals surface area contributed by atoms with Crippen molar-refractivity contribution in [2.45, 2.75) is 32.2 Å². The van der Waals surface area contributed by atoms with Crippen molar-refractivity contribution in [1.82, 2.24) is 15.2 Å². The average molecular weight is 430 g/mol. The fraction of sp³-hybridized carbons (Fsp3) is 0.364. The van der Waals surface area contributed by atoms with Crippen molar-refractivity contribution >= 4 is 28.8 Å². The van der Waals surface area contributed by atoms with Crippen LogP contribution in [0.2, 0.25) is 5.02 Å². The van der Waals surface area contributed by atoms with Gasteiger partial charge in [0.25, 0.3) is 0 Å². The van der Waals surface area contributed by atoms with Crippen LogP contribution < -0.4 is 5.32 Å². The van der Waals surface area contributed by atoms with E-state index in [0.29, 0.717) is 6.54 Å². The molecule has 152 valence electrons. The number of furan rings is 1. The number of nitrogens with zero attached hydrogens (tertiary/aromatic N) is 2. The lowest BCUT2D eigenvalue weighted by atomic mass is 10.1. The summed E-state index contributed by atoms with van der Waals surface area (Å²) in [5.74, 6) is 1.57. The van der Waals surface area contributed by atoms with E-state index in [1.165, 1.54) is 24.2 Å². The minimum Gasteiger partial charge on any atom is -0.459 e. The van der Waals surface area contributed by atoms with Gasteiger partial charge < -0.3 is 9.73 Å². The third-order valence-corrected chi connectivity index (χ3v) is 6.29. The quantitative estimate of drug-likeness (QED) is 0.582. The highest BCUT2D eigenvalue weighted by Gasteiger charge is 2.24. The molecule has 7 heteroatoms. The number of carbonyl (C=O) groups is 1. The second-order valence-corrected chi connectivity index (χ2v) is 8.64. The molecule has 5 nitrogen and oxygen atoms in total. The number of hydrogen-bond donors (Lipinski definition) is 1. The fourth-order valence-corrected chi connectivity index (χ4v) is 4.69. The normalized spacial score (nSPS) is 15.5. The van der Waals surface area contributed by atoms with Crippen LogP contribution in [0.5, 0.6) is 0 Å². The van der Waals surface area contributed by atoms with Crippen molar-refractivity contribution in [1.29, 1.82) is 0 Å². The molecule has 0 bridgehead atoms. The number of carbonyl (C=O) groups excluding carboxylic acids is 1. The summed E-state index contributed by atoms with van der Waals surface area (Å²) in [4.78, 5) is 19.5. The Morgan fingerprint density at radius 2 is 2.14 bits per heavy atom. The zero-order valence-electron chi connectivity index (χ0n) is 16.4. The number of nitrogens with one attached hydrogen (secondary N) is 1. The molecule has 1 amide bonds. The van der Waals surface area contributed by atoms with Crippen molar-refractivity contribution in [2.75, 3.05) is 19.6 Å². The molecule has 2 aromatic heterocycles. The van der Waals surface area contributed by atoms with Crippen LogP contribution in [0.25, 0.3) is 10.8 Å². The Kier molecular flexibility index (Phi) is 6.33. The molecule has 0 radical (unpaired) electrons. The van der Waals surface area contributed by atoms with Gasteiger partial charge in [-0.1, -0.05) is 23.7 Å². The van der Waals surface area contributed by atoms with E-state index in [9.17, 15) is 4.79 Å². The van der Waals surface area contributed by atoms with Crippen LogP contribution in [-0.4, -0.2) is 35.4 Å². The van der Waals surface area contributed by atoms with E-state index >= 15 is 0 Å². The topological polar surface area (TPSA) is 58.4 Å². The van der Waals surface area contributed by atoms with E-state index in [1.807, 2.05) is 42.6 Å². The molecule has 3 aromatic rings. The van der Waals surface area contributed by atoms with Crippen molar-refractivity contribution in [3.05, 3.63) is 63.8 Å². The molecule has 3 heterocycles. The van der Waals surface area contributed by atoms with E-state index in [-0.39, 0.29) is 18.4 Å². The SMILES string of the molecule is Cc1ccc(-c2nc(CC(=O)NCC(c3cccc(Cl)c3)N3CCCC3)cs2)o1. The zero-order chi connectivity index (χ0) is 20.2. The molecular formula is C22H24ClN3O2S. The van der Waals surface area contributed by atoms with Gasteiger partial charge in [-0.25, -0.2) is 4.98 Å². The molecule has 0 spiro atoms. The van der Waals surface area contributed by atoms with Crippen molar-refractivity contribution in [3.63, 3.8) is 0 Å². The predicted octanol–water partition coefficient (Wildman–Crippen LogP) is 4.86. The number of aryl methyl sites for hydroxylation is 1. The van der Waals surface area contributed by atoms with Gasteiger partial charge >= 0.3 is 0 Å². The second kappa shape index (κ2) is 9.11. The van der Waals surface area contributed by atoms with Crippen molar-refractivity contribution in [3.8, 4) is 10.8 Å². The third kappa shape index (κ3) is 5.07. The summed E-state index contributed by atoms with van der Waals surface area (Å²) >= 11 is 7.69. The van der Waals surface area contributed by atoms with Gasteiger partial charge in [0.15, 0.2) is 10.8 Å². The van der Waals surface area contributed by atoms with Gasteiger partial charge in [0.2, 0.25) is 5.91 Å². The molecule has 1 unspecified atom stereocenters. The minimum absolute atomic E-state index is 0.0244. The molecule has 1 aliphatic rings. The fourth-order valence-electron chi connectivity index (χ4n) is 3.71. The highest BCUT2D eigenvalue weighted by Crippen LogP contribution is 2.27. The van der Waals surface area contributed by atoms with Crippen LogP contribution >= 0.6 is 22.9 Å². The minimum atomic E-state index is -0.0244. The lowest BCUT2D eigenvalue weighted by molar-refractivity contribution is -0.120. The van der Waals surface area contributed by atoms with Crippen molar-refractivity contribution < 1.29 is 9.21 Å². The smallest absolute Gasteiger partial charge is 0.226 e. The number of hydrogen-bond acceptors (Lipinski definition) is 5. The lowest BCUT2D eigenvalue weighted by Crippen LogP contribution is -2.37. The molecule has 1 aliphatic heterocycles. The van der Waals surface area contributed by atoms with Crippen LogP contribution in [0.4, 0.5) is 0 Å². The van der Waals surface area contributed by atoms with Gasteiger partial charge in [-0.2, -0.15) is 0 Å². The number of aromatic nitrogens is 1. The molecule has 1 aromatic carbocycles. The summed E-state index contributed by atoms with van der Waals surface area (Å²) in [7, 11) is 0. The monoisotopic (exact) mass is 429 g/mol. The maximum Gasteiger partial charge on any atom is 0.226 e. The van der Waals surface area contributed by atoms with Crippen LogP contribution in [-0.2, 0) is 11.2 Å². The molecular weight excluding hydrogens is 406 g/mol. The summed E-state index contributed by atoms with van der Waals surface area (Å²) in [5.41, 5.74) is 1.90. The first-order valence-electron chi connectivity index (χ1n) is 9.86. The van der Waals surface area contributed by atoms with E-state index in [1.54, 1.807) is 0 Å². The van der Waals surface area contributed by atoms with E-state index < -0.39 is 0 Å². The van der Waals surface area contributed by atoms with Gasteiger partial charge in [0.05, 0.1) is 18.2 Å². The maximum absolute atomic E-state index is 12.6. The Labute approximate surface area is 179 Å². The van der Waals surface area contributed by atoms with E-state index in [2.05, 4.69) is 21.3 Å². The van der Waals surface area contributed by atoms with Gasteiger partial charge in [-0.3, -0.25) is 9.69 Å². The van der Waals surface area contributed by atoms with Gasteiger partial charge in [0.1, 0.15) is 5.76 Å². The number of likely N-dealkylation sites (tertiary alicyclic amines) is 1. The zero-order valence-corrected chi connectivity index (χ0v) is 17.9. The molecule has 1 saturated heterocycles. The summed E-state index contributed by atoms with van der Waals surface area (Å²) in [6, 6.07) is 11.9. The average Bonchev–Trinajstić information content (AvgIpc) is 3.44. The Hall–Kier alpha value is -2.15. The number of amides is 1. The molecule has 1 fully saturated rings. The number of thiazole rings is 1. The van der Waals surface area contributed by atoms with Crippen LogP contribution in [0.15, 0.2) is 46.2 Å². The molecule has 1 atom stereocenters. The maximum atomic E-state index is 12.6. The Balaban J connectivity index is 1.38. The predicted molar refractivity (Wildman–Crippen MR) is 116 cm³/mol. The van der Waals surface area contributed by atoms with Crippen LogP contribution in [0.1, 0.15) is 35.9 Å². The van der Waals surface area contributed by atoms with E-state index in [0.717, 1.165) is 45.9 Å². The summed E-state index contributed by atoms with van der Waals surface area (Å²) in [5, 5.41) is 6.54. The highest BCUT2D eigenvalue weighted by atomic mass is 35.5. The van der Waals surface area contributed by atoms with Gasteiger partial charge in [0, 0.05) is 16.9 Å². The highest BCUT2D eigenvalue weighted by molar-refractivity contribution is 7.13. The number of halogens is 1. The van der Waals surface area contributed by atoms with Crippen molar-refractivity contribution in [2.24, 2.45) is 0 Å². The lowest BCUT2D eigenvalue weighted by Gasteiger charge is -2.28.